The monoisotopic (exact) mass is 331 g/mol. The van der Waals surface area contributed by atoms with E-state index in [0.29, 0.717) is 43.6 Å². The molecule has 2 aromatic rings. The van der Waals surface area contributed by atoms with Crippen molar-refractivity contribution in [3.63, 3.8) is 0 Å². The van der Waals surface area contributed by atoms with Gasteiger partial charge in [0.1, 0.15) is 0 Å². The molecule has 0 spiro atoms. The molecule has 1 heterocycles. The number of hydrogen-bond donors (Lipinski definition) is 1. The fourth-order valence-corrected chi connectivity index (χ4v) is 2.44. The van der Waals surface area contributed by atoms with Gasteiger partial charge in [0.05, 0.1) is 6.61 Å². The topological polar surface area (TPSA) is 79.5 Å². The minimum absolute atomic E-state index is 0.0208. The van der Waals surface area contributed by atoms with Crippen LogP contribution >= 0.6 is 0 Å². The van der Waals surface area contributed by atoms with E-state index in [1.54, 1.807) is 4.90 Å². The van der Waals surface area contributed by atoms with Crippen LogP contribution in [-0.4, -0.2) is 45.8 Å². The van der Waals surface area contributed by atoms with Crippen LogP contribution in [0.4, 0.5) is 0 Å². The van der Waals surface area contributed by atoms with Crippen LogP contribution in [0.5, 0.6) is 0 Å². The number of likely N-dealkylation sites (N-methyl/N-ethyl adjacent to an activating group) is 1. The number of aliphatic hydroxyl groups is 1. The second kappa shape index (κ2) is 8.59. The van der Waals surface area contributed by atoms with Gasteiger partial charge in [0, 0.05) is 31.5 Å². The van der Waals surface area contributed by atoms with E-state index in [-0.39, 0.29) is 12.5 Å². The number of hydrogen-bond acceptors (Lipinski definition) is 5. The number of carbonyl (C=O) groups is 1. The number of amides is 1. The summed E-state index contributed by atoms with van der Waals surface area (Å²) in [6, 6.07) is 8.09. The van der Waals surface area contributed by atoms with Gasteiger partial charge in [-0.15, -0.1) is 0 Å². The van der Waals surface area contributed by atoms with Crippen LogP contribution in [0, 0.1) is 0 Å². The minimum Gasteiger partial charge on any atom is -0.395 e. The molecule has 1 aromatic carbocycles. The van der Waals surface area contributed by atoms with E-state index in [9.17, 15) is 4.79 Å². The van der Waals surface area contributed by atoms with Gasteiger partial charge in [-0.2, -0.15) is 4.98 Å². The van der Waals surface area contributed by atoms with Crippen molar-refractivity contribution in [1.29, 1.82) is 0 Å². The Morgan fingerprint density at radius 2 is 2.00 bits per heavy atom. The van der Waals surface area contributed by atoms with Crippen molar-refractivity contribution >= 4 is 5.91 Å². The lowest BCUT2D eigenvalue weighted by molar-refractivity contribution is -0.131. The number of aliphatic hydroxyl groups excluding tert-OH is 1. The van der Waals surface area contributed by atoms with Gasteiger partial charge < -0.3 is 14.5 Å². The third kappa shape index (κ3) is 4.64. The lowest BCUT2D eigenvalue weighted by Crippen LogP contribution is -2.33. The molecule has 1 aromatic heterocycles. The SMILES string of the molecule is CCN(CCO)C(=O)CCc1nc(-c2ccc(C(C)C)cc2)no1. The van der Waals surface area contributed by atoms with Crippen LogP contribution in [0.15, 0.2) is 28.8 Å². The zero-order valence-corrected chi connectivity index (χ0v) is 14.5. The highest BCUT2D eigenvalue weighted by molar-refractivity contribution is 5.76. The first kappa shape index (κ1) is 18.1. The summed E-state index contributed by atoms with van der Waals surface area (Å²) in [4.78, 5) is 18.0. The molecule has 0 aliphatic carbocycles. The average Bonchev–Trinajstić information content (AvgIpc) is 3.06. The molecule has 0 radical (unpaired) electrons. The Kier molecular flexibility index (Phi) is 6.49. The van der Waals surface area contributed by atoms with E-state index < -0.39 is 0 Å². The summed E-state index contributed by atoms with van der Waals surface area (Å²) in [6.45, 7) is 7.09. The number of carbonyl (C=O) groups excluding carboxylic acids is 1. The third-order valence-electron chi connectivity index (χ3n) is 3.96. The highest BCUT2D eigenvalue weighted by Crippen LogP contribution is 2.20. The summed E-state index contributed by atoms with van der Waals surface area (Å²) in [6.07, 6.45) is 0.694. The van der Waals surface area contributed by atoms with Crippen molar-refractivity contribution < 1.29 is 14.4 Å². The van der Waals surface area contributed by atoms with Crippen LogP contribution in [0.3, 0.4) is 0 Å². The van der Waals surface area contributed by atoms with E-state index in [1.165, 1.54) is 5.56 Å². The Labute approximate surface area is 142 Å². The van der Waals surface area contributed by atoms with Crippen molar-refractivity contribution in [3.8, 4) is 11.4 Å². The van der Waals surface area contributed by atoms with E-state index in [0.717, 1.165) is 5.56 Å². The highest BCUT2D eigenvalue weighted by Gasteiger charge is 2.14. The summed E-state index contributed by atoms with van der Waals surface area (Å²) < 4.78 is 5.24. The molecule has 130 valence electrons. The Morgan fingerprint density at radius 3 is 2.58 bits per heavy atom. The fourth-order valence-electron chi connectivity index (χ4n) is 2.44. The molecule has 0 saturated carbocycles. The van der Waals surface area contributed by atoms with Crippen molar-refractivity contribution in [2.45, 2.75) is 39.5 Å². The predicted octanol–water partition coefficient (Wildman–Crippen LogP) is 2.63. The van der Waals surface area contributed by atoms with Crippen LogP contribution in [0.25, 0.3) is 11.4 Å². The molecule has 0 fully saturated rings. The van der Waals surface area contributed by atoms with Crippen LogP contribution in [0.2, 0.25) is 0 Å². The van der Waals surface area contributed by atoms with E-state index in [2.05, 4.69) is 36.1 Å². The summed E-state index contributed by atoms with van der Waals surface area (Å²) in [5.74, 6) is 1.45. The lowest BCUT2D eigenvalue weighted by atomic mass is 10.0. The number of benzene rings is 1. The van der Waals surface area contributed by atoms with E-state index in [1.807, 2.05) is 19.1 Å². The second-order valence-electron chi connectivity index (χ2n) is 5.99. The predicted molar refractivity (Wildman–Crippen MR) is 91.5 cm³/mol. The molecule has 1 N–H and O–H groups in total. The average molecular weight is 331 g/mol. The molecule has 0 unspecified atom stereocenters. The van der Waals surface area contributed by atoms with Crippen molar-refractivity contribution in [2.24, 2.45) is 0 Å². The van der Waals surface area contributed by atoms with Crippen molar-refractivity contribution in [2.75, 3.05) is 19.7 Å². The quantitative estimate of drug-likeness (QED) is 0.804. The van der Waals surface area contributed by atoms with Gasteiger partial charge >= 0.3 is 0 Å². The van der Waals surface area contributed by atoms with Gasteiger partial charge in [0.25, 0.3) is 0 Å². The zero-order chi connectivity index (χ0) is 17.5. The fraction of sp³-hybridized carbons (Fsp3) is 0.500. The summed E-state index contributed by atoms with van der Waals surface area (Å²) in [5, 5.41) is 12.9. The number of rotatable bonds is 8. The Balaban J connectivity index is 1.96. The molecule has 6 heteroatoms. The van der Waals surface area contributed by atoms with Gasteiger partial charge in [-0.3, -0.25) is 4.79 Å². The first-order valence-electron chi connectivity index (χ1n) is 8.36. The molecule has 0 saturated heterocycles. The van der Waals surface area contributed by atoms with Crippen molar-refractivity contribution in [1.82, 2.24) is 15.0 Å². The Morgan fingerprint density at radius 1 is 1.29 bits per heavy atom. The Hall–Kier alpha value is -2.21. The summed E-state index contributed by atoms with van der Waals surface area (Å²) in [5.41, 5.74) is 2.16. The van der Waals surface area contributed by atoms with Gasteiger partial charge in [-0.05, 0) is 18.4 Å². The standard InChI is InChI=1S/C18H25N3O3/c1-4-21(11-12-22)17(23)10-9-16-19-18(20-24-16)15-7-5-14(6-8-15)13(2)3/h5-8,13,22H,4,9-12H2,1-3H3. The van der Waals surface area contributed by atoms with Gasteiger partial charge in [-0.1, -0.05) is 43.3 Å². The van der Waals surface area contributed by atoms with Gasteiger partial charge in [0.2, 0.25) is 17.6 Å². The number of nitrogens with zero attached hydrogens (tertiary/aromatic N) is 3. The zero-order valence-electron chi connectivity index (χ0n) is 14.5. The van der Waals surface area contributed by atoms with E-state index in [4.69, 9.17) is 9.63 Å². The maximum atomic E-state index is 12.0. The third-order valence-corrected chi connectivity index (χ3v) is 3.96. The van der Waals surface area contributed by atoms with Gasteiger partial charge in [0.15, 0.2) is 0 Å². The van der Waals surface area contributed by atoms with Crippen LogP contribution in [-0.2, 0) is 11.2 Å². The smallest absolute Gasteiger partial charge is 0.227 e. The molecule has 2 rings (SSSR count). The number of aromatic nitrogens is 2. The molecular weight excluding hydrogens is 306 g/mol. The maximum Gasteiger partial charge on any atom is 0.227 e. The highest BCUT2D eigenvalue weighted by atomic mass is 16.5. The molecule has 6 nitrogen and oxygen atoms in total. The second-order valence-corrected chi connectivity index (χ2v) is 5.99. The maximum absolute atomic E-state index is 12.0. The summed E-state index contributed by atoms with van der Waals surface area (Å²) in [7, 11) is 0. The minimum atomic E-state index is -0.0311. The molecule has 24 heavy (non-hydrogen) atoms. The first-order chi connectivity index (χ1) is 11.5. The molecule has 0 atom stereocenters. The van der Waals surface area contributed by atoms with Crippen LogP contribution < -0.4 is 0 Å². The number of aryl methyl sites for hydroxylation is 1. The van der Waals surface area contributed by atoms with Gasteiger partial charge in [-0.25, -0.2) is 0 Å². The Bertz CT molecular complexity index is 650. The molecule has 0 aliphatic rings. The molecular formula is C18H25N3O3. The lowest BCUT2D eigenvalue weighted by Gasteiger charge is -2.18. The largest absolute Gasteiger partial charge is 0.395 e. The first-order valence-corrected chi connectivity index (χ1v) is 8.36. The van der Waals surface area contributed by atoms with Crippen LogP contribution in [0.1, 0.15) is 44.6 Å². The van der Waals surface area contributed by atoms with Crippen molar-refractivity contribution in [3.05, 3.63) is 35.7 Å². The molecule has 1 amide bonds. The van der Waals surface area contributed by atoms with E-state index >= 15 is 0 Å². The normalized spacial score (nSPS) is 11.0. The summed E-state index contributed by atoms with van der Waals surface area (Å²) >= 11 is 0. The molecule has 0 bridgehead atoms. The molecule has 0 aliphatic heterocycles.